The average molecular weight is 920 g/mol. The van der Waals surface area contributed by atoms with E-state index in [-0.39, 0.29) is 12.5 Å². The summed E-state index contributed by atoms with van der Waals surface area (Å²) >= 11 is 1.57. The van der Waals surface area contributed by atoms with E-state index < -0.39 is 0 Å². The Kier molecular flexibility index (Phi) is 20.9. The van der Waals surface area contributed by atoms with Gasteiger partial charge in [-0.2, -0.15) is 0 Å². The lowest BCUT2D eigenvalue weighted by Gasteiger charge is -2.36. The standard InChI is InChI=1S/C51H69N9O5S/c1-41-54-44(40-66-41)22-20-42-32-46(35-52-34-42)64-39-51(61)53-24-14-11-16-26-57(2)25-15-9-7-5-6-8-10-17-27-60-37-45(55-56-60)38-65-49-23-21-43(33-50(49)63-4)36-58-28-30-59(31-29-58)47-18-12-13-19-48(47)62-3/h12-13,18-19,21,23,32-35,37,40H,5-11,14-17,24-31,36,38-39H2,1-4H3,(H,53,61). The Hall–Kier alpha value is -5.69. The van der Waals surface area contributed by atoms with Crippen molar-refractivity contribution >= 4 is 22.9 Å². The first-order chi connectivity index (χ1) is 32.3. The van der Waals surface area contributed by atoms with E-state index in [9.17, 15) is 4.79 Å². The number of nitrogens with one attached hydrogen (secondary N) is 1. The van der Waals surface area contributed by atoms with Crippen LogP contribution in [0.15, 0.2) is 72.5 Å². The van der Waals surface area contributed by atoms with Gasteiger partial charge in [0.2, 0.25) is 0 Å². The number of methoxy groups -OCH3 is 2. The number of rotatable bonds is 28. The Morgan fingerprint density at radius 2 is 1.56 bits per heavy atom. The van der Waals surface area contributed by atoms with Crippen LogP contribution in [0.3, 0.4) is 0 Å². The van der Waals surface area contributed by atoms with Crippen LogP contribution in [0.25, 0.3) is 0 Å². The van der Waals surface area contributed by atoms with Gasteiger partial charge in [-0.25, -0.2) is 4.98 Å². The molecule has 0 spiro atoms. The number of carbonyl (C=O) groups is 1. The predicted molar refractivity (Wildman–Crippen MR) is 262 cm³/mol. The van der Waals surface area contributed by atoms with E-state index in [0.29, 0.717) is 30.2 Å². The molecule has 0 saturated carbocycles. The number of unbranched alkanes of at least 4 members (excludes halogenated alkanes) is 9. The second kappa shape index (κ2) is 27.7. The summed E-state index contributed by atoms with van der Waals surface area (Å²) in [5.74, 6) is 8.83. The lowest BCUT2D eigenvalue weighted by molar-refractivity contribution is -0.123. The van der Waals surface area contributed by atoms with E-state index in [2.05, 4.69) is 83.5 Å². The van der Waals surface area contributed by atoms with Gasteiger partial charge in [0.15, 0.2) is 18.1 Å². The number of aryl methyl sites for hydroxylation is 2. The molecule has 1 aliphatic rings. The first-order valence-electron chi connectivity index (χ1n) is 23.6. The smallest absolute Gasteiger partial charge is 0.257 e. The molecule has 1 fully saturated rings. The molecule has 1 saturated heterocycles. The van der Waals surface area contributed by atoms with Crippen molar-refractivity contribution in [2.24, 2.45) is 0 Å². The number of hydrogen-bond donors (Lipinski definition) is 1. The zero-order valence-electron chi connectivity index (χ0n) is 39.5. The molecule has 5 aromatic rings. The molecule has 354 valence electrons. The van der Waals surface area contributed by atoms with Gasteiger partial charge >= 0.3 is 0 Å². The third-order valence-electron chi connectivity index (χ3n) is 11.6. The Bertz CT molecular complexity index is 2260. The molecular weight excluding hydrogens is 851 g/mol. The van der Waals surface area contributed by atoms with Crippen LogP contribution in [-0.2, 0) is 24.5 Å². The molecule has 2 aromatic carbocycles. The number of aromatic nitrogens is 5. The molecule has 4 heterocycles. The van der Waals surface area contributed by atoms with Gasteiger partial charge in [-0.15, -0.1) is 16.4 Å². The quantitative estimate of drug-likeness (QED) is 0.0384. The highest BCUT2D eigenvalue weighted by molar-refractivity contribution is 7.09. The molecule has 0 aliphatic carbocycles. The molecule has 66 heavy (non-hydrogen) atoms. The molecule has 0 radical (unpaired) electrons. The Balaban J connectivity index is 0.725. The largest absolute Gasteiger partial charge is 0.495 e. The van der Waals surface area contributed by atoms with Crippen molar-refractivity contribution in [2.45, 2.75) is 97.2 Å². The molecular formula is C51H69N9O5S. The second-order valence-electron chi connectivity index (χ2n) is 16.9. The Labute approximate surface area is 396 Å². The minimum atomic E-state index is -0.132. The van der Waals surface area contributed by atoms with Crippen molar-refractivity contribution < 1.29 is 23.7 Å². The fraction of sp³-hybridized carbons (Fsp3) is 0.510. The Morgan fingerprint density at radius 1 is 0.818 bits per heavy atom. The summed E-state index contributed by atoms with van der Waals surface area (Å²) in [5.41, 5.74) is 4.62. The van der Waals surface area contributed by atoms with Crippen LogP contribution in [0.2, 0.25) is 0 Å². The summed E-state index contributed by atoms with van der Waals surface area (Å²) in [6.45, 7) is 10.7. The second-order valence-corrected chi connectivity index (χ2v) is 18.0. The maximum Gasteiger partial charge on any atom is 0.257 e. The van der Waals surface area contributed by atoms with Crippen LogP contribution < -0.4 is 29.2 Å². The van der Waals surface area contributed by atoms with E-state index in [1.165, 1.54) is 50.5 Å². The van der Waals surface area contributed by atoms with Crippen LogP contribution in [0.4, 0.5) is 5.69 Å². The molecule has 1 N–H and O–H groups in total. The highest BCUT2D eigenvalue weighted by Gasteiger charge is 2.20. The number of nitrogens with zero attached hydrogens (tertiary/aromatic N) is 8. The summed E-state index contributed by atoms with van der Waals surface area (Å²) in [7, 11) is 5.63. The number of benzene rings is 2. The molecule has 0 atom stereocenters. The van der Waals surface area contributed by atoms with Crippen molar-refractivity contribution in [1.82, 2.24) is 40.1 Å². The number of piperazine rings is 1. The predicted octanol–water partition coefficient (Wildman–Crippen LogP) is 8.17. The van der Waals surface area contributed by atoms with Crippen molar-refractivity contribution in [3.05, 3.63) is 100 Å². The van der Waals surface area contributed by atoms with Crippen molar-refractivity contribution in [1.29, 1.82) is 0 Å². The molecule has 6 rings (SSSR count). The highest BCUT2D eigenvalue weighted by Crippen LogP contribution is 2.31. The average Bonchev–Trinajstić information content (AvgIpc) is 3.99. The molecule has 3 aromatic heterocycles. The van der Waals surface area contributed by atoms with Gasteiger partial charge in [0, 0.05) is 63.0 Å². The normalized spacial score (nSPS) is 12.8. The number of anilines is 1. The number of ether oxygens (including phenoxy) is 4. The van der Waals surface area contributed by atoms with Crippen molar-refractivity contribution in [3.8, 4) is 34.8 Å². The third kappa shape index (κ3) is 17.3. The number of carbonyl (C=O) groups excluding carboxylic acids is 1. The topological polar surface area (TPSA) is 132 Å². The summed E-state index contributed by atoms with van der Waals surface area (Å²) in [5, 5.41) is 14.6. The summed E-state index contributed by atoms with van der Waals surface area (Å²) in [6, 6.07) is 16.2. The van der Waals surface area contributed by atoms with E-state index in [0.717, 1.165) is 112 Å². The van der Waals surface area contributed by atoms with E-state index >= 15 is 0 Å². The zero-order valence-corrected chi connectivity index (χ0v) is 40.3. The molecule has 0 unspecified atom stereocenters. The highest BCUT2D eigenvalue weighted by atomic mass is 32.1. The minimum Gasteiger partial charge on any atom is -0.495 e. The summed E-state index contributed by atoms with van der Waals surface area (Å²) in [4.78, 5) is 28.1. The SMILES string of the molecule is COc1cc(CN2CCN(c3ccccc3OC)CC2)ccc1OCc1cn(CCCCCCCCCCN(C)CCCCCNC(=O)COc2cncc(C#Cc3csc(C)n3)c2)nn1. The Morgan fingerprint density at radius 3 is 2.32 bits per heavy atom. The van der Waals surface area contributed by atoms with Crippen LogP contribution in [-0.4, -0.2) is 114 Å². The lowest BCUT2D eigenvalue weighted by Crippen LogP contribution is -2.46. The molecule has 14 nitrogen and oxygen atoms in total. The monoisotopic (exact) mass is 920 g/mol. The lowest BCUT2D eigenvalue weighted by atomic mass is 10.1. The van der Waals surface area contributed by atoms with Crippen molar-refractivity contribution in [2.75, 3.05) is 78.6 Å². The number of pyridine rings is 1. The van der Waals surface area contributed by atoms with Gasteiger partial charge in [0.25, 0.3) is 5.91 Å². The van der Waals surface area contributed by atoms with Gasteiger partial charge in [-0.3, -0.25) is 19.4 Å². The fourth-order valence-corrected chi connectivity index (χ4v) is 8.50. The van der Waals surface area contributed by atoms with E-state index in [1.807, 2.05) is 41.4 Å². The first kappa shape index (κ1) is 49.7. The van der Waals surface area contributed by atoms with Gasteiger partial charge in [-0.1, -0.05) is 74.3 Å². The van der Waals surface area contributed by atoms with Crippen LogP contribution in [0.1, 0.15) is 98.2 Å². The summed E-state index contributed by atoms with van der Waals surface area (Å²) < 4.78 is 25.0. The van der Waals surface area contributed by atoms with Gasteiger partial charge < -0.3 is 34.1 Å². The summed E-state index contributed by atoms with van der Waals surface area (Å²) in [6.07, 6.45) is 18.4. The molecule has 0 bridgehead atoms. The molecule has 1 amide bonds. The van der Waals surface area contributed by atoms with Crippen LogP contribution in [0.5, 0.6) is 23.0 Å². The maximum atomic E-state index is 12.3. The maximum absolute atomic E-state index is 12.3. The van der Waals surface area contributed by atoms with Crippen molar-refractivity contribution in [3.63, 3.8) is 0 Å². The van der Waals surface area contributed by atoms with Gasteiger partial charge in [0.05, 0.1) is 37.3 Å². The van der Waals surface area contributed by atoms with E-state index in [1.54, 1.807) is 44.0 Å². The first-order valence-corrected chi connectivity index (χ1v) is 24.5. The molecule has 1 aliphatic heterocycles. The number of amides is 1. The minimum absolute atomic E-state index is 0.0449. The third-order valence-corrected chi connectivity index (χ3v) is 12.4. The van der Waals surface area contributed by atoms with Gasteiger partial charge in [-0.05, 0) is 94.6 Å². The fourth-order valence-electron chi connectivity index (χ4n) is 7.95. The number of hydrogen-bond acceptors (Lipinski definition) is 13. The van der Waals surface area contributed by atoms with Crippen LogP contribution in [0, 0.1) is 18.8 Å². The number of para-hydroxylation sites is 2. The van der Waals surface area contributed by atoms with Gasteiger partial charge in [0.1, 0.15) is 29.5 Å². The van der Waals surface area contributed by atoms with Crippen LogP contribution >= 0.6 is 11.3 Å². The number of thiazole rings is 1. The molecule has 15 heteroatoms. The van der Waals surface area contributed by atoms with E-state index in [4.69, 9.17) is 18.9 Å². The zero-order chi connectivity index (χ0) is 46.2.